The van der Waals surface area contributed by atoms with E-state index in [0.717, 1.165) is 21.7 Å². The van der Waals surface area contributed by atoms with Gasteiger partial charge in [0.05, 0.1) is 31.8 Å². The molecule has 2 aliphatic heterocycles. The molecule has 0 amide bonds. The van der Waals surface area contributed by atoms with Crippen LogP contribution in [0.3, 0.4) is 0 Å². The van der Waals surface area contributed by atoms with Crippen LogP contribution in [0.15, 0.2) is 37.9 Å². The van der Waals surface area contributed by atoms with Crippen LogP contribution in [0.1, 0.15) is 18.9 Å². The Bertz CT molecular complexity index is 2110. The third-order valence-corrected chi connectivity index (χ3v) is 7.32. The van der Waals surface area contributed by atoms with Gasteiger partial charge in [0.2, 0.25) is 11.6 Å². The van der Waals surface area contributed by atoms with Crippen LogP contribution in [0, 0.1) is 17.7 Å². The van der Waals surface area contributed by atoms with Gasteiger partial charge in [-0.3, -0.25) is 37.9 Å². The van der Waals surface area contributed by atoms with Gasteiger partial charge in [0.1, 0.15) is 30.6 Å². The lowest BCUT2D eigenvalue weighted by Gasteiger charge is -2.16. The molecule has 52 heavy (non-hydrogen) atoms. The van der Waals surface area contributed by atoms with E-state index in [-0.39, 0.29) is 34.3 Å². The van der Waals surface area contributed by atoms with Crippen molar-refractivity contribution in [3.05, 3.63) is 78.1 Å². The molecule has 0 aromatic carbocycles. The van der Waals surface area contributed by atoms with Crippen LogP contribution in [0.25, 0.3) is 11.2 Å². The molecular weight excluding hydrogens is 747 g/mol. The number of fused-ring (bicyclic) bond motifs is 1. The number of nitrogens with two attached hydrogens (primary N) is 1. The number of ether oxygens (including phenoxy) is 2. The second kappa shape index (κ2) is 17.7. The van der Waals surface area contributed by atoms with Crippen molar-refractivity contribution in [1.82, 2.24) is 45.2 Å². The summed E-state index contributed by atoms with van der Waals surface area (Å²) in [6.45, 7) is -1.07. The number of aromatic nitrogens is 8. The van der Waals surface area contributed by atoms with Gasteiger partial charge >= 0.3 is 25.3 Å². The summed E-state index contributed by atoms with van der Waals surface area (Å²) in [7, 11) is -4.78. The fourth-order valence-electron chi connectivity index (χ4n) is 4.48. The van der Waals surface area contributed by atoms with E-state index in [4.69, 9.17) is 30.1 Å². The minimum absolute atomic E-state index is 0. The summed E-state index contributed by atoms with van der Waals surface area (Å²) in [4.78, 5) is 76.1. The Labute approximate surface area is 283 Å². The van der Waals surface area contributed by atoms with Crippen LogP contribution >= 0.6 is 7.82 Å². The van der Waals surface area contributed by atoms with E-state index in [2.05, 4.69) is 19.5 Å². The van der Waals surface area contributed by atoms with Crippen LogP contribution < -0.4 is 34.4 Å². The average molecular weight is 779 g/mol. The SMILES string of the molecule is F.N.Nc1nc(F)nc2c1ncn2[C@@H]1O[C@H](COP(=O)(O)O)[C@@H](O)[C@@H]1O.O=c1[nH]c(=O)n([C@H]2C[C@H](O)[C@@H](CO)O2)cc1F.O=c1[nH]cc(F)c(=O)[nH]1. The number of rotatable bonds is 6. The van der Waals surface area contributed by atoms with Gasteiger partial charge in [-0.2, -0.15) is 23.1 Å². The molecular formula is C23H31F4N10O14P. The lowest BCUT2D eigenvalue weighted by molar-refractivity contribution is -0.0504. The molecule has 0 unspecified atom stereocenters. The van der Waals surface area contributed by atoms with Gasteiger partial charge in [-0.05, 0) is 0 Å². The number of aromatic amines is 3. The maximum absolute atomic E-state index is 13.3. The fraction of sp³-hybridized carbons (Fsp3) is 0.435. The van der Waals surface area contributed by atoms with Crippen molar-refractivity contribution in [2.24, 2.45) is 0 Å². The van der Waals surface area contributed by atoms with Gasteiger partial charge in [0.15, 0.2) is 23.2 Å². The number of phosphoric ester groups is 1. The van der Waals surface area contributed by atoms with Gasteiger partial charge in [0.25, 0.3) is 11.1 Å². The fourth-order valence-corrected chi connectivity index (χ4v) is 4.82. The van der Waals surface area contributed by atoms with E-state index in [1.165, 1.54) is 0 Å². The molecule has 6 rings (SSSR count). The minimum atomic E-state index is -4.78. The predicted octanol–water partition coefficient (Wildman–Crippen LogP) is -3.89. The van der Waals surface area contributed by atoms with E-state index in [1.807, 2.05) is 4.98 Å². The van der Waals surface area contributed by atoms with Crippen molar-refractivity contribution in [2.45, 2.75) is 49.4 Å². The van der Waals surface area contributed by atoms with Gasteiger partial charge in [-0.15, -0.1) is 0 Å². The Balaban J connectivity index is 0.000000292. The number of halogens is 4. The minimum Gasteiger partial charge on any atom is -0.394 e. The molecule has 7 atom stereocenters. The molecule has 2 saturated heterocycles. The highest BCUT2D eigenvalue weighted by atomic mass is 31.2. The summed E-state index contributed by atoms with van der Waals surface area (Å²) in [5.74, 6) is -2.32. The third kappa shape index (κ3) is 10.2. The number of aliphatic hydroxyl groups excluding tert-OH is 4. The molecule has 14 N–H and O–H groups in total. The van der Waals surface area contributed by atoms with Gasteiger partial charge in [-0.1, -0.05) is 0 Å². The third-order valence-electron chi connectivity index (χ3n) is 6.83. The highest BCUT2D eigenvalue weighted by Gasteiger charge is 2.45. The lowest BCUT2D eigenvalue weighted by Crippen LogP contribution is -2.34. The molecule has 0 aliphatic carbocycles. The number of aliphatic hydroxyl groups is 4. The first-order chi connectivity index (χ1) is 23.4. The molecule has 29 heteroatoms. The van der Waals surface area contributed by atoms with Crippen molar-refractivity contribution < 1.29 is 66.7 Å². The smallest absolute Gasteiger partial charge is 0.394 e. The topological polar surface area (TPSA) is 391 Å². The molecule has 0 saturated carbocycles. The molecule has 24 nitrogen and oxygen atoms in total. The molecule has 0 radical (unpaired) electrons. The van der Waals surface area contributed by atoms with Gasteiger partial charge in [0, 0.05) is 12.6 Å². The number of imidazole rings is 1. The molecule has 0 spiro atoms. The second-order valence-corrected chi connectivity index (χ2v) is 11.5. The number of hydrogen-bond donors (Lipinski definition) is 11. The Morgan fingerprint density at radius 1 is 0.981 bits per heavy atom. The van der Waals surface area contributed by atoms with Gasteiger partial charge < -0.3 is 56.6 Å². The largest absolute Gasteiger partial charge is 0.469 e. The summed E-state index contributed by atoms with van der Waals surface area (Å²) in [5, 5.41) is 38.4. The van der Waals surface area contributed by atoms with E-state index in [0.29, 0.717) is 6.20 Å². The Morgan fingerprint density at radius 2 is 1.63 bits per heavy atom. The van der Waals surface area contributed by atoms with E-state index >= 15 is 0 Å². The zero-order valence-corrected chi connectivity index (χ0v) is 26.7. The molecule has 0 bridgehead atoms. The first-order valence-corrected chi connectivity index (χ1v) is 15.2. The Morgan fingerprint density at radius 3 is 2.21 bits per heavy atom. The van der Waals surface area contributed by atoms with Crippen LogP contribution in [0.5, 0.6) is 0 Å². The predicted molar refractivity (Wildman–Crippen MR) is 162 cm³/mol. The number of phosphoric acid groups is 1. The molecule has 290 valence electrons. The average Bonchev–Trinajstić information content (AvgIpc) is 3.71. The Hall–Kier alpha value is -4.74. The van der Waals surface area contributed by atoms with Crippen molar-refractivity contribution in [3.63, 3.8) is 0 Å². The quantitative estimate of drug-likeness (QED) is 0.0506. The van der Waals surface area contributed by atoms with Crippen molar-refractivity contribution in [3.8, 4) is 0 Å². The molecule has 4 aromatic heterocycles. The number of nitrogens with zero attached hydrogens (tertiary/aromatic N) is 5. The molecule has 2 fully saturated rings. The van der Waals surface area contributed by atoms with Crippen molar-refractivity contribution in [2.75, 3.05) is 18.9 Å². The summed E-state index contributed by atoms with van der Waals surface area (Å²) in [6.07, 6.45) is -6.65. The number of nitrogens with one attached hydrogen (secondary N) is 3. The lowest BCUT2D eigenvalue weighted by atomic mass is 10.1. The molecule has 2 aliphatic rings. The first-order valence-electron chi connectivity index (χ1n) is 13.7. The zero-order valence-electron chi connectivity index (χ0n) is 25.9. The van der Waals surface area contributed by atoms with Crippen LogP contribution in [-0.2, 0) is 18.6 Å². The van der Waals surface area contributed by atoms with Crippen LogP contribution in [-0.4, -0.2) is 113 Å². The van der Waals surface area contributed by atoms with Crippen LogP contribution in [0.4, 0.5) is 23.7 Å². The van der Waals surface area contributed by atoms with Crippen molar-refractivity contribution >= 4 is 24.8 Å². The second-order valence-electron chi connectivity index (χ2n) is 10.2. The maximum Gasteiger partial charge on any atom is 0.469 e. The van der Waals surface area contributed by atoms with Gasteiger partial charge in [-0.25, -0.2) is 19.1 Å². The Kier molecular flexibility index (Phi) is 14.7. The number of anilines is 1. The molecule has 6 heterocycles. The first kappa shape index (κ1) is 43.4. The molecule has 4 aromatic rings. The summed E-state index contributed by atoms with van der Waals surface area (Å²) >= 11 is 0. The van der Waals surface area contributed by atoms with E-state index < -0.39 is 104 Å². The summed E-state index contributed by atoms with van der Waals surface area (Å²) in [6, 6.07) is 0. The summed E-state index contributed by atoms with van der Waals surface area (Å²) in [5.41, 5.74) is 1.88. The van der Waals surface area contributed by atoms with Crippen molar-refractivity contribution in [1.29, 1.82) is 0 Å². The zero-order chi connectivity index (χ0) is 37.1. The maximum atomic E-state index is 13.3. The number of hydrogen-bond acceptors (Lipinski definition) is 17. The summed E-state index contributed by atoms with van der Waals surface area (Å²) < 4.78 is 65.8. The monoisotopic (exact) mass is 778 g/mol. The highest BCUT2D eigenvalue weighted by molar-refractivity contribution is 7.46. The van der Waals surface area contributed by atoms with E-state index in [1.54, 1.807) is 9.97 Å². The van der Waals surface area contributed by atoms with E-state index in [9.17, 15) is 52.2 Å². The standard InChI is InChI=1S/C10H13FN5O7P.C9H11FN2O5.C4H3FN2O2.FH.H3N/c11-10-14-7(12)4-8(15-10)16(2-13-4)9-6(18)5(17)3(23-9)1-22-24(19,20)21;10-4-2-12(9(16)11-8(4)15)7-1-5(14)6(3-13)17-7;5-2-1-6-4(9)7-3(2)8;;/h2-3,5-6,9,17-18H,1H2,(H2,12,14,15)(H2,19,20,21);2,5-7,13-14H,1,3H2,(H,11,15,16);1H,(H2,6,7,8,9);1H;1H3/t3-,5-,6+,9-;5-,6+,7+;;;/m10.../s1. The highest BCUT2D eigenvalue weighted by Crippen LogP contribution is 2.39. The number of nitrogen functional groups attached to an aromatic ring is 1. The number of H-pyrrole nitrogens is 3. The van der Waals surface area contributed by atoms with Crippen LogP contribution in [0.2, 0.25) is 0 Å². The normalized spacial score (nSPS) is 23.8.